The van der Waals surface area contributed by atoms with Crippen LogP contribution in [0, 0.1) is 0 Å². The van der Waals surface area contributed by atoms with Gasteiger partial charge >= 0.3 is 0 Å². The summed E-state index contributed by atoms with van der Waals surface area (Å²) < 4.78 is 25.9. The molecule has 1 amide bonds. The fraction of sp³-hybridized carbons (Fsp3) is 0.360. The maximum Gasteiger partial charge on any atom is 0.274 e. The molecule has 178 valence electrons. The molecule has 2 fully saturated rings. The Balaban J connectivity index is 1.25. The zero-order valence-corrected chi connectivity index (χ0v) is 20.5. The molecule has 2 aromatic heterocycles. The fourth-order valence-electron chi connectivity index (χ4n) is 4.55. The Morgan fingerprint density at radius 2 is 1.88 bits per heavy atom. The molecular formula is C25H28N4O3S2. The molecule has 1 aromatic carbocycles. The normalized spacial score (nSPS) is 20.8. The van der Waals surface area contributed by atoms with Crippen LogP contribution in [0.5, 0.6) is 0 Å². The molecule has 5 rings (SSSR count). The number of hydrogen-bond acceptors (Lipinski definition) is 6. The van der Waals surface area contributed by atoms with Crippen LogP contribution in [-0.2, 0) is 9.84 Å². The Morgan fingerprint density at radius 3 is 2.56 bits per heavy atom. The van der Waals surface area contributed by atoms with Gasteiger partial charge in [0.2, 0.25) is 0 Å². The second-order valence-electron chi connectivity index (χ2n) is 8.80. The van der Waals surface area contributed by atoms with E-state index < -0.39 is 9.84 Å². The van der Waals surface area contributed by atoms with E-state index in [1.54, 1.807) is 16.0 Å². The number of piperazine rings is 1. The number of carbonyl (C=O) groups excluding carboxylic acids is 1. The lowest BCUT2D eigenvalue weighted by Gasteiger charge is -2.33. The molecule has 9 heteroatoms. The van der Waals surface area contributed by atoms with Crippen molar-refractivity contribution in [3.8, 4) is 10.6 Å². The lowest BCUT2D eigenvalue weighted by molar-refractivity contribution is 0.0643. The second kappa shape index (κ2) is 9.85. The van der Waals surface area contributed by atoms with Crippen molar-refractivity contribution in [3.05, 3.63) is 71.2 Å². The van der Waals surface area contributed by atoms with E-state index in [1.165, 1.54) is 5.56 Å². The number of carbonyl (C=O) groups is 1. The minimum Gasteiger partial charge on any atom is -0.335 e. The Labute approximate surface area is 204 Å². The maximum absolute atomic E-state index is 13.3. The van der Waals surface area contributed by atoms with E-state index in [1.807, 2.05) is 46.7 Å². The molecule has 0 unspecified atom stereocenters. The number of amides is 1. The van der Waals surface area contributed by atoms with Crippen LogP contribution < -0.4 is 0 Å². The van der Waals surface area contributed by atoms with Crippen LogP contribution in [0.4, 0.5) is 0 Å². The summed E-state index contributed by atoms with van der Waals surface area (Å²) in [4.78, 5) is 18.5. The van der Waals surface area contributed by atoms with Gasteiger partial charge < -0.3 is 4.90 Å². The van der Waals surface area contributed by atoms with Crippen LogP contribution >= 0.6 is 11.3 Å². The molecule has 0 N–H and O–H groups in total. The monoisotopic (exact) mass is 496 g/mol. The van der Waals surface area contributed by atoms with Gasteiger partial charge in [0.05, 0.1) is 28.1 Å². The van der Waals surface area contributed by atoms with Gasteiger partial charge in [0.25, 0.3) is 5.91 Å². The smallest absolute Gasteiger partial charge is 0.274 e. The predicted molar refractivity (Wildman–Crippen MR) is 136 cm³/mol. The summed E-state index contributed by atoms with van der Waals surface area (Å²) in [5.41, 5.74) is 2.40. The van der Waals surface area contributed by atoms with Gasteiger partial charge in [-0.1, -0.05) is 48.6 Å². The summed E-state index contributed by atoms with van der Waals surface area (Å²) in [6.07, 6.45) is 4.82. The minimum absolute atomic E-state index is 0.0792. The van der Waals surface area contributed by atoms with Crippen molar-refractivity contribution in [2.24, 2.45) is 0 Å². The Bertz CT molecular complexity index is 1260. The SMILES string of the molecule is O=C(c1cc(-c2cccs2)n([C@H]2CCS(=O)(=O)C2)n1)N1CCN(C/C=C\c2ccccc2)CC1. The molecule has 2 aliphatic heterocycles. The highest BCUT2D eigenvalue weighted by Gasteiger charge is 2.33. The first-order valence-corrected chi connectivity index (χ1v) is 14.3. The van der Waals surface area contributed by atoms with Gasteiger partial charge in [-0.2, -0.15) is 5.10 Å². The highest BCUT2D eigenvalue weighted by atomic mass is 32.2. The lowest BCUT2D eigenvalue weighted by Crippen LogP contribution is -2.48. The van der Waals surface area contributed by atoms with E-state index in [4.69, 9.17) is 0 Å². The van der Waals surface area contributed by atoms with Crippen molar-refractivity contribution in [2.45, 2.75) is 12.5 Å². The van der Waals surface area contributed by atoms with E-state index in [9.17, 15) is 13.2 Å². The van der Waals surface area contributed by atoms with Crippen molar-refractivity contribution in [2.75, 3.05) is 44.2 Å². The second-order valence-corrected chi connectivity index (χ2v) is 12.0. The first-order valence-electron chi connectivity index (χ1n) is 11.6. The largest absolute Gasteiger partial charge is 0.335 e. The fourth-order valence-corrected chi connectivity index (χ4v) is 6.98. The van der Waals surface area contributed by atoms with Crippen molar-refractivity contribution >= 4 is 33.2 Å². The molecule has 3 aromatic rings. The van der Waals surface area contributed by atoms with Gasteiger partial charge in [0, 0.05) is 32.7 Å². The third-order valence-electron chi connectivity index (χ3n) is 6.42. The lowest BCUT2D eigenvalue weighted by atomic mass is 10.2. The number of aromatic nitrogens is 2. The molecule has 0 spiro atoms. The standard InChI is InChI=1S/C25H28N4O3S2/c30-25(28-14-12-27(13-15-28)11-4-8-20-6-2-1-3-7-20)22-18-23(24-9-5-16-33-24)29(26-22)21-10-17-34(31,32)19-21/h1-9,16,18,21H,10-15,17,19H2/b8-4-/t21-/m0/s1. The van der Waals surface area contributed by atoms with E-state index in [0.29, 0.717) is 25.2 Å². The highest BCUT2D eigenvalue weighted by Crippen LogP contribution is 2.32. The molecule has 0 bridgehead atoms. The Kier molecular flexibility index (Phi) is 6.67. The van der Waals surface area contributed by atoms with Crippen LogP contribution in [0.3, 0.4) is 0 Å². The molecule has 4 heterocycles. The van der Waals surface area contributed by atoms with Crippen LogP contribution in [0.15, 0.2) is 60.0 Å². The topological polar surface area (TPSA) is 75.5 Å². The molecule has 0 saturated carbocycles. The summed E-state index contributed by atoms with van der Waals surface area (Å²) in [5.74, 6) is 0.165. The molecule has 7 nitrogen and oxygen atoms in total. The van der Waals surface area contributed by atoms with Gasteiger partial charge in [0.15, 0.2) is 15.5 Å². The molecule has 0 radical (unpaired) electrons. The Morgan fingerprint density at radius 1 is 1.09 bits per heavy atom. The molecule has 34 heavy (non-hydrogen) atoms. The van der Waals surface area contributed by atoms with Gasteiger partial charge in [-0.25, -0.2) is 8.42 Å². The minimum atomic E-state index is -3.06. The summed E-state index contributed by atoms with van der Waals surface area (Å²) in [7, 11) is -3.06. The number of nitrogens with zero attached hydrogens (tertiary/aromatic N) is 4. The van der Waals surface area contributed by atoms with Gasteiger partial charge in [-0.15, -0.1) is 11.3 Å². The third kappa shape index (κ3) is 5.16. The van der Waals surface area contributed by atoms with Gasteiger partial charge in [-0.05, 0) is 29.5 Å². The third-order valence-corrected chi connectivity index (χ3v) is 9.06. The molecule has 1 atom stereocenters. The van der Waals surface area contributed by atoms with Crippen LogP contribution in [0.1, 0.15) is 28.5 Å². The van der Waals surface area contributed by atoms with Crippen molar-refractivity contribution < 1.29 is 13.2 Å². The Hall–Kier alpha value is -2.75. The average molecular weight is 497 g/mol. The van der Waals surface area contributed by atoms with Crippen molar-refractivity contribution in [3.63, 3.8) is 0 Å². The zero-order valence-electron chi connectivity index (χ0n) is 18.9. The first-order chi connectivity index (χ1) is 16.5. The quantitative estimate of drug-likeness (QED) is 0.523. The van der Waals surface area contributed by atoms with Crippen molar-refractivity contribution in [1.82, 2.24) is 19.6 Å². The van der Waals surface area contributed by atoms with Crippen LogP contribution in [0.2, 0.25) is 0 Å². The summed E-state index contributed by atoms with van der Waals surface area (Å²) in [5, 5.41) is 6.61. The summed E-state index contributed by atoms with van der Waals surface area (Å²) >= 11 is 1.57. The van der Waals surface area contributed by atoms with Crippen LogP contribution in [0.25, 0.3) is 16.6 Å². The predicted octanol–water partition coefficient (Wildman–Crippen LogP) is 3.44. The number of sulfone groups is 1. The molecule has 2 aliphatic rings. The molecular weight excluding hydrogens is 468 g/mol. The number of hydrogen-bond donors (Lipinski definition) is 0. The van der Waals surface area contributed by atoms with Gasteiger partial charge in [0.1, 0.15) is 0 Å². The number of rotatable bonds is 6. The highest BCUT2D eigenvalue weighted by molar-refractivity contribution is 7.91. The summed E-state index contributed by atoms with van der Waals surface area (Å²) in [6, 6.07) is 15.8. The number of benzene rings is 1. The van der Waals surface area contributed by atoms with E-state index >= 15 is 0 Å². The van der Waals surface area contributed by atoms with Crippen molar-refractivity contribution in [1.29, 1.82) is 0 Å². The van der Waals surface area contributed by atoms with E-state index in [2.05, 4.69) is 34.3 Å². The molecule has 2 saturated heterocycles. The average Bonchev–Trinajstić information content (AvgIpc) is 3.59. The van der Waals surface area contributed by atoms with Crippen LogP contribution in [-0.4, -0.2) is 78.1 Å². The maximum atomic E-state index is 13.3. The first kappa shape index (κ1) is 23.0. The summed E-state index contributed by atoms with van der Waals surface area (Å²) in [6.45, 7) is 3.77. The van der Waals surface area contributed by atoms with Gasteiger partial charge in [-0.3, -0.25) is 14.4 Å². The number of thiophene rings is 1. The van der Waals surface area contributed by atoms with E-state index in [0.717, 1.165) is 30.2 Å². The molecule has 0 aliphatic carbocycles. The zero-order chi connectivity index (χ0) is 23.5. The van der Waals surface area contributed by atoms with E-state index in [-0.39, 0.29) is 23.5 Å².